The van der Waals surface area contributed by atoms with Crippen LogP contribution in [-0.4, -0.2) is 21.8 Å². The summed E-state index contributed by atoms with van der Waals surface area (Å²) in [5.41, 5.74) is -0.782. The lowest BCUT2D eigenvalue weighted by atomic mass is 10.1. The van der Waals surface area contributed by atoms with E-state index >= 15 is 0 Å². The van der Waals surface area contributed by atoms with Crippen LogP contribution in [0.4, 0.5) is 4.39 Å². The summed E-state index contributed by atoms with van der Waals surface area (Å²) < 4.78 is 18.3. The van der Waals surface area contributed by atoms with Gasteiger partial charge < -0.3 is 14.9 Å². The Labute approximate surface area is 98.7 Å². The summed E-state index contributed by atoms with van der Waals surface area (Å²) in [6.07, 6.45) is 0. The van der Waals surface area contributed by atoms with Gasteiger partial charge in [-0.2, -0.15) is 0 Å². The largest absolute Gasteiger partial charge is 0.505 e. The second kappa shape index (κ2) is 4.71. The van der Waals surface area contributed by atoms with Crippen LogP contribution in [0.1, 0.15) is 36.7 Å². The minimum Gasteiger partial charge on any atom is -0.505 e. The van der Waals surface area contributed by atoms with Crippen LogP contribution < -0.4 is 0 Å². The summed E-state index contributed by atoms with van der Waals surface area (Å²) in [5, 5.41) is 18.2. The number of halogens is 1. The van der Waals surface area contributed by atoms with E-state index in [4.69, 9.17) is 9.84 Å². The molecule has 0 unspecified atom stereocenters. The number of phenols is 1. The fourth-order valence-corrected chi connectivity index (χ4v) is 1.23. The van der Waals surface area contributed by atoms with Gasteiger partial charge in [0.15, 0.2) is 11.6 Å². The highest BCUT2D eigenvalue weighted by Gasteiger charge is 2.20. The zero-order valence-corrected chi connectivity index (χ0v) is 9.95. The first-order chi connectivity index (χ1) is 7.74. The molecule has 0 aromatic heterocycles. The fourth-order valence-electron chi connectivity index (χ4n) is 1.23. The van der Waals surface area contributed by atoms with Crippen LogP contribution in [0, 0.1) is 5.82 Å². The van der Waals surface area contributed by atoms with E-state index in [1.165, 1.54) is 6.07 Å². The molecule has 1 rings (SSSR count). The molecule has 0 saturated heterocycles. The van der Waals surface area contributed by atoms with E-state index in [0.29, 0.717) is 0 Å². The molecular formula is C12H15FO4. The quantitative estimate of drug-likeness (QED) is 0.778. The number of aliphatic hydroxyl groups excluding tert-OH is 1. The molecule has 2 N–H and O–H groups in total. The first kappa shape index (κ1) is 13.4. The number of hydrogen-bond donors (Lipinski definition) is 2. The highest BCUT2D eigenvalue weighted by atomic mass is 19.1. The Morgan fingerprint density at radius 3 is 2.47 bits per heavy atom. The van der Waals surface area contributed by atoms with Crippen LogP contribution in [0.15, 0.2) is 12.1 Å². The van der Waals surface area contributed by atoms with Crippen molar-refractivity contribution in [2.45, 2.75) is 33.0 Å². The summed E-state index contributed by atoms with van der Waals surface area (Å²) in [4.78, 5) is 11.6. The molecule has 0 spiro atoms. The predicted octanol–water partition coefficient (Wildman–Crippen LogP) is 1.98. The monoisotopic (exact) mass is 242 g/mol. The van der Waals surface area contributed by atoms with E-state index in [1.54, 1.807) is 20.8 Å². The molecule has 0 heterocycles. The van der Waals surface area contributed by atoms with Crippen LogP contribution in [-0.2, 0) is 11.3 Å². The van der Waals surface area contributed by atoms with Crippen molar-refractivity contribution in [3.05, 3.63) is 29.1 Å². The molecule has 1 aromatic carbocycles. The average Bonchev–Trinajstić information content (AvgIpc) is 2.19. The molecule has 0 bridgehead atoms. The molecule has 17 heavy (non-hydrogen) atoms. The number of aromatic hydroxyl groups is 1. The predicted molar refractivity (Wildman–Crippen MR) is 59.2 cm³/mol. The smallest absolute Gasteiger partial charge is 0.338 e. The van der Waals surface area contributed by atoms with E-state index in [-0.39, 0.29) is 11.1 Å². The molecule has 0 atom stereocenters. The molecule has 4 nitrogen and oxygen atoms in total. The number of ether oxygens (including phenoxy) is 1. The Kier molecular flexibility index (Phi) is 3.72. The third kappa shape index (κ3) is 3.42. The maximum atomic E-state index is 13.3. The molecule has 0 aliphatic rings. The van der Waals surface area contributed by atoms with E-state index < -0.39 is 29.7 Å². The first-order valence-corrected chi connectivity index (χ1v) is 5.10. The Morgan fingerprint density at radius 2 is 2.00 bits per heavy atom. The highest BCUT2D eigenvalue weighted by molar-refractivity contribution is 5.90. The second-order valence-corrected chi connectivity index (χ2v) is 4.63. The van der Waals surface area contributed by atoms with Crippen molar-refractivity contribution in [1.82, 2.24) is 0 Å². The lowest BCUT2D eigenvalue weighted by molar-refractivity contribution is 0.00688. The Balaban J connectivity index is 3.07. The molecule has 0 fully saturated rings. The third-order valence-corrected chi connectivity index (χ3v) is 1.95. The SMILES string of the molecule is CC(C)(C)OC(=O)c1cc(F)c(O)c(CO)c1. The number of aliphatic hydroxyl groups is 1. The minimum atomic E-state index is -0.961. The van der Waals surface area contributed by atoms with Crippen LogP contribution in [0.3, 0.4) is 0 Å². The van der Waals surface area contributed by atoms with Gasteiger partial charge in [-0.1, -0.05) is 0 Å². The van der Waals surface area contributed by atoms with E-state index in [0.717, 1.165) is 6.07 Å². The van der Waals surface area contributed by atoms with Crippen molar-refractivity contribution < 1.29 is 24.1 Å². The average molecular weight is 242 g/mol. The van der Waals surface area contributed by atoms with E-state index in [1.807, 2.05) is 0 Å². The van der Waals surface area contributed by atoms with Gasteiger partial charge in [-0.05, 0) is 32.9 Å². The fraction of sp³-hybridized carbons (Fsp3) is 0.417. The Morgan fingerprint density at radius 1 is 1.41 bits per heavy atom. The number of benzene rings is 1. The second-order valence-electron chi connectivity index (χ2n) is 4.63. The summed E-state index contributed by atoms with van der Waals surface area (Å²) in [5.74, 6) is -2.32. The molecule has 94 valence electrons. The van der Waals surface area contributed by atoms with Gasteiger partial charge in [-0.25, -0.2) is 9.18 Å². The molecular weight excluding hydrogens is 227 g/mol. The molecule has 1 aromatic rings. The zero-order valence-electron chi connectivity index (χ0n) is 9.95. The topological polar surface area (TPSA) is 66.8 Å². The van der Waals surface area contributed by atoms with Gasteiger partial charge in [-0.15, -0.1) is 0 Å². The maximum Gasteiger partial charge on any atom is 0.338 e. The van der Waals surface area contributed by atoms with Gasteiger partial charge in [0.1, 0.15) is 5.60 Å². The van der Waals surface area contributed by atoms with Crippen molar-refractivity contribution in [1.29, 1.82) is 0 Å². The van der Waals surface area contributed by atoms with Crippen molar-refractivity contribution in [3.63, 3.8) is 0 Å². The van der Waals surface area contributed by atoms with Gasteiger partial charge in [0.2, 0.25) is 0 Å². The molecule has 0 radical (unpaired) electrons. The number of carbonyl (C=O) groups excluding carboxylic acids is 1. The van der Waals surface area contributed by atoms with Gasteiger partial charge in [0.25, 0.3) is 0 Å². The van der Waals surface area contributed by atoms with Crippen LogP contribution >= 0.6 is 0 Å². The highest BCUT2D eigenvalue weighted by Crippen LogP contribution is 2.24. The van der Waals surface area contributed by atoms with Gasteiger partial charge in [-0.3, -0.25) is 0 Å². The van der Waals surface area contributed by atoms with Crippen molar-refractivity contribution in [3.8, 4) is 5.75 Å². The molecule has 0 saturated carbocycles. The lowest BCUT2D eigenvalue weighted by Gasteiger charge is -2.19. The summed E-state index contributed by atoms with van der Waals surface area (Å²) >= 11 is 0. The van der Waals surface area contributed by atoms with Crippen LogP contribution in [0.25, 0.3) is 0 Å². The van der Waals surface area contributed by atoms with Crippen LogP contribution in [0.2, 0.25) is 0 Å². The third-order valence-electron chi connectivity index (χ3n) is 1.95. The van der Waals surface area contributed by atoms with Crippen molar-refractivity contribution in [2.75, 3.05) is 0 Å². The number of hydrogen-bond acceptors (Lipinski definition) is 4. The number of carbonyl (C=O) groups is 1. The number of rotatable bonds is 2. The zero-order chi connectivity index (χ0) is 13.2. The van der Waals surface area contributed by atoms with Gasteiger partial charge >= 0.3 is 5.97 Å². The Bertz CT molecular complexity index is 435. The van der Waals surface area contributed by atoms with Crippen LogP contribution in [0.5, 0.6) is 5.75 Å². The summed E-state index contributed by atoms with van der Waals surface area (Å²) in [6, 6.07) is 2.08. The van der Waals surface area contributed by atoms with E-state index in [9.17, 15) is 14.3 Å². The molecule has 0 aliphatic carbocycles. The molecule has 5 heteroatoms. The maximum absolute atomic E-state index is 13.3. The summed E-state index contributed by atoms with van der Waals surface area (Å²) in [7, 11) is 0. The minimum absolute atomic E-state index is 0.0423. The standard InChI is InChI=1S/C12H15FO4/c1-12(2,3)17-11(16)7-4-8(6-14)10(15)9(13)5-7/h4-5,14-15H,6H2,1-3H3. The summed E-state index contributed by atoms with van der Waals surface area (Å²) in [6.45, 7) is 4.51. The van der Waals surface area contributed by atoms with Crippen molar-refractivity contribution >= 4 is 5.97 Å². The van der Waals surface area contributed by atoms with E-state index in [2.05, 4.69) is 0 Å². The molecule has 0 amide bonds. The lowest BCUT2D eigenvalue weighted by Crippen LogP contribution is -2.24. The Hall–Kier alpha value is -1.62. The van der Waals surface area contributed by atoms with Gasteiger partial charge in [0.05, 0.1) is 12.2 Å². The number of esters is 1. The first-order valence-electron chi connectivity index (χ1n) is 5.10. The van der Waals surface area contributed by atoms with Crippen molar-refractivity contribution in [2.24, 2.45) is 0 Å². The van der Waals surface area contributed by atoms with Gasteiger partial charge in [0, 0.05) is 5.56 Å². The molecule has 0 aliphatic heterocycles. The normalized spacial score (nSPS) is 11.4.